The van der Waals surface area contributed by atoms with Gasteiger partial charge in [0, 0.05) is 24.8 Å². The fourth-order valence-electron chi connectivity index (χ4n) is 1.86. The molecule has 0 saturated carbocycles. The molecule has 86 valence electrons. The minimum absolute atomic E-state index is 0.0748. The van der Waals surface area contributed by atoms with Gasteiger partial charge >= 0.3 is 0 Å². The average Bonchev–Trinajstić information content (AvgIpc) is 2.29. The number of rotatable bonds is 2. The van der Waals surface area contributed by atoms with Gasteiger partial charge in [-0.2, -0.15) is 0 Å². The molecule has 16 heavy (non-hydrogen) atoms. The van der Waals surface area contributed by atoms with Crippen LogP contribution in [-0.2, 0) is 4.79 Å². The Hall–Kier alpha value is -1.71. The molecule has 1 aromatic carbocycles. The topological polar surface area (TPSA) is 41.6 Å². The van der Waals surface area contributed by atoms with Gasteiger partial charge in [0.2, 0.25) is 5.91 Å². The molecule has 1 aliphatic heterocycles. The highest BCUT2D eigenvalue weighted by Crippen LogP contribution is 2.25. The van der Waals surface area contributed by atoms with Crippen molar-refractivity contribution in [3.63, 3.8) is 0 Å². The molecule has 1 saturated heterocycles. The number of carbonyl (C=O) groups excluding carboxylic acids is 1. The third-order valence-corrected chi connectivity index (χ3v) is 2.80. The number of nitrogens with zero attached hydrogens (tertiary/aromatic N) is 1. The monoisotopic (exact) mass is 220 g/mol. The molecule has 1 aromatic rings. The van der Waals surface area contributed by atoms with Crippen LogP contribution in [0.25, 0.3) is 0 Å². The first kappa shape index (κ1) is 10.8. The summed E-state index contributed by atoms with van der Waals surface area (Å²) in [6.45, 7) is 3.98. The number of ether oxygens (including phenoxy) is 1. The number of benzene rings is 1. The number of aryl methyl sites for hydroxylation is 1. The van der Waals surface area contributed by atoms with Crippen LogP contribution in [0, 0.1) is 6.92 Å². The lowest BCUT2D eigenvalue weighted by Crippen LogP contribution is -2.47. The number of piperazine rings is 1. The second-order valence-electron chi connectivity index (χ2n) is 3.93. The number of amides is 1. The Morgan fingerprint density at radius 1 is 1.44 bits per heavy atom. The summed E-state index contributed by atoms with van der Waals surface area (Å²) in [5, 5.41) is 2.81. The zero-order valence-corrected chi connectivity index (χ0v) is 9.62. The molecule has 0 spiro atoms. The quantitative estimate of drug-likeness (QED) is 0.806. The summed E-state index contributed by atoms with van der Waals surface area (Å²) in [6, 6.07) is 6.02. The Morgan fingerprint density at radius 2 is 2.25 bits per heavy atom. The van der Waals surface area contributed by atoms with E-state index in [2.05, 4.69) is 10.2 Å². The molecule has 4 nitrogen and oxygen atoms in total. The van der Waals surface area contributed by atoms with Gasteiger partial charge in [0.15, 0.2) is 0 Å². The van der Waals surface area contributed by atoms with Gasteiger partial charge in [-0.25, -0.2) is 0 Å². The van der Waals surface area contributed by atoms with E-state index in [1.807, 2.05) is 25.1 Å². The molecule has 0 radical (unpaired) electrons. The number of hydrogen-bond acceptors (Lipinski definition) is 3. The number of carbonyl (C=O) groups is 1. The van der Waals surface area contributed by atoms with Crippen LogP contribution >= 0.6 is 0 Å². The van der Waals surface area contributed by atoms with Crippen molar-refractivity contribution in [3.8, 4) is 5.75 Å². The molecule has 0 bridgehead atoms. The van der Waals surface area contributed by atoms with Crippen molar-refractivity contribution in [2.75, 3.05) is 31.6 Å². The molecule has 1 heterocycles. The van der Waals surface area contributed by atoms with E-state index >= 15 is 0 Å². The van der Waals surface area contributed by atoms with E-state index in [9.17, 15) is 4.79 Å². The second-order valence-corrected chi connectivity index (χ2v) is 3.93. The predicted octanol–water partition coefficient (Wildman–Crippen LogP) is 0.940. The highest BCUT2D eigenvalue weighted by molar-refractivity contribution is 5.82. The third-order valence-electron chi connectivity index (χ3n) is 2.80. The van der Waals surface area contributed by atoms with Crippen molar-refractivity contribution in [2.45, 2.75) is 6.92 Å². The molecule has 1 N–H and O–H groups in total. The minimum Gasteiger partial charge on any atom is -0.496 e. The van der Waals surface area contributed by atoms with Crippen molar-refractivity contribution in [1.29, 1.82) is 0 Å². The summed E-state index contributed by atoms with van der Waals surface area (Å²) in [6.07, 6.45) is 0. The molecular formula is C12H16N2O2. The molecule has 0 aliphatic carbocycles. The average molecular weight is 220 g/mol. The lowest BCUT2D eigenvalue weighted by molar-refractivity contribution is -0.120. The normalized spacial score (nSPS) is 15.9. The smallest absolute Gasteiger partial charge is 0.239 e. The molecule has 2 rings (SSSR count). The van der Waals surface area contributed by atoms with Crippen LogP contribution in [0.2, 0.25) is 0 Å². The Morgan fingerprint density at radius 3 is 2.94 bits per heavy atom. The Balaban J connectivity index is 2.22. The van der Waals surface area contributed by atoms with Crippen molar-refractivity contribution >= 4 is 11.6 Å². The number of anilines is 1. The molecule has 1 fully saturated rings. The van der Waals surface area contributed by atoms with Crippen molar-refractivity contribution in [1.82, 2.24) is 5.32 Å². The van der Waals surface area contributed by atoms with E-state index in [-0.39, 0.29) is 5.91 Å². The summed E-state index contributed by atoms with van der Waals surface area (Å²) >= 11 is 0. The SMILES string of the molecule is COc1cc(N2CCNC(=O)C2)ccc1C. The highest BCUT2D eigenvalue weighted by atomic mass is 16.5. The zero-order valence-electron chi connectivity index (χ0n) is 9.62. The summed E-state index contributed by atoms with van der Waals surface area (Å²) < 4.78 is 5.28. The predicted molar refractivity (Wildman–Crippen MR) is 63.0 cm³/mol. The Kier molecular flexibility index (Phi) is 2.99. The maximum absolute atomic E-state index is 11.3. The van der Waals surface area contributed by atoms with E-state index < -0.39 is 0 Å². The van der Waals surface area contributed by atoms with Crippen molar-refractivity contribution in [3.05, 3.63) is 23.8 Å². The van der Waals surface area contributed by atoms with Crippen LogP contribution in [-0.4, -0.2) is 32.7 Å². The number of nitrogens with one attached hydrogen (secondary N) is 1. The maximum atomic E-state index is 11.3. The molecule has 0 unspecified atom stereocenters. The van der Waals surface area contributed by atoms with Crippen LogP contribution in [0.15, 0.2) is 18.2 Å². The standard InChI is InChI=1S/C12H16N2O2/c1-9-3-4-10(7-11(9)16-2)14-6-5-13-12(15)8-14/h3-4,7H,5-6,8H2,1-2H3,(H,13,15). The summed E-state index contributed by atoms with van der Waals surface area (Å²) in [5.41, 5.74) is 2.14. The molecule has 0 aromatic heterocycles. The summed E-state index contributed by atoms with van der Waals surface area (Å²) in [7, 11) is 1.66. The Labute approximate surface area is 95.2 Å². The van der Waals surface area contributed by atoms with Gasteiger partial charge in [0.25, 0.3) is 0 Å². The van der Waals surface area contributed by atoms with Crippen LogP contribution in [0.3, 0.4) is 0 Å². The van der Waals surface area contributed by atoms with Crippen LogP contribution in [0.1, 0.15) is 5.56 Å². The van der Waals surface area contributed by atoms with Crippen LogP contribution in [0.4, 0.5) is 5.69 Å². The first-order valence-electron chi connectivity index (χ1n) is 5.37. The Bertz CT molecular complexity index is 404. The van der Waals surface area contributed by atoms with E-state index in [1.165, 1.54) is 0 Å². The van der Waals surface area contributed by atoms with Gasteiger partial charge in [-0.05, 0) is 18.6 Å². The fraction of sp³-hybridized carbons (Fsp3) is 0.417. The number of hydrogen-bond donors (Lipinski definition) is 1. The summed E-state index contributed by atoms with van der Waals surface area (Å²) in [4.78, 5) is 13.3. The lowest BCUT2D eigenvalue weighted by atomic mass is 10.2. The zero-order chi connectivity index (χ0) is 11.5. The molecule has 4 heteroatoms. The molecular weight excluding hydrogens is 204 g/mol. The second kappa shape index (κ2) is 4.43. The van der Waals surface area contributed by atoms with Gasteiger partial charge < -0.3 is 15.0 Å². The van der Waals surface area contributed by atoms with Gasteiger partial charge in [-0.1, -0.05) is 6.07 Å². The number of methoxy groups -OCH3 is 1. The van der Waals surface area contributed by atoms with Crippen molar-refractivity contribution < 1.29 is 9.53 Å². The summed E-state index contributed by atoms with van der Waals surface area (Å²) in [5.74, 6) is 0.939. The van der Waals surface area contributed by atoms with Gasteiger partial charge in [-0.15, -0.1) is 0 Å². The minimum atomic E-state index is 0.0748. The largest absolute Gasteiger partial charge is 0.496 e. The first-order chi connectivity index (χ1) is 7.70. The fourth-order valence-corrected chi connectivity index (χ4v) is 1.86. The lowest BCUT2D eigenvalue weighted by Gasteiger charge is -2.29. The molecule has 0 atom stereocenters. The third kappa shape index (κ3) is 2.10. The highest BCUT2D eigenvalue weighted by Gasteiger charge is 2.16. The van der Waals surface area contributed by atoms with Gasteiger partial charge in [0.1, 0.15) is 5.75 Å². The van der Waals surface area contributed by atoms with Gasteiger partial charge in [-0.3, -0.25) is 4.79 Å². The van der Waals surface area contributed by atoms with Crippen LogP contribution < -0.4 is 15.0 Å². The van der Waals surface area contributed by atoms with E-state index in [4.69, 9.17) is 4.74 Å². The molecule has 1 aliphatic rings. The maximum Gasteiger partial charge on any atom is 0.239 e. The van der Waals surface area contributed by atoms with Crippen LogP contribution in [0.5, 0.6) is 5.75 Å². The van der Waals surface area contributed by atoms with E-state index in [1.54, 1.807) is 7.11 Å². The molecule has 1 amide bonds. The van der Waals surface area contributed by atoms with E-state index in [0.717, 1.165) is 23.5 Å². The van der Waals surface area contributed by atoms with E-state index in [0.29, 0.717) is 13.1 Å². The van der Waals surface area contributed by atoms with Crippen molar-refractivity contribution in [2.24, 2.45) is 0 Å². The first-order valence-corrected chi connectivity index (χ1v) is 5.37. The van der Waals surface area contributed by atoms with Gasteiger partial charge in [0.05, 0.1) is 13.7 Å².